The summed E-state index contributed by atoms with van der Waals surface area (Å²) in [7, 11) is 0. The Morgan fingerprint density at radius 3 is 1.90 bits per heavy atom. The number of nitrogens with zero attached hydrogens (tertiary/aromatic N) is 2. The van der Waals surface area contributed by atoms with Gasteiger partial charge in [0.25, 0.3) is 0 Å². The van der Waals surface area contributed by atoms with Gasteiger partial charge in [-0.2, -0.15) is 5.10 Å². The first-order chi connectivity index (χ1) is 9.19. The first-order valence-corrected chi connectivity index (χ1v) is 8.30. The molecule has 1 saturated carbocycles. The van der Waals surface area contributed by atoms with Crippen LogP contribution in [0.1, 0.15) is 97.5 Å². The Bertz CT molecular complexity index is 435. The van der Waals surface area contributed by atoms with Crippen LogP contribution in [0.2, 0.25) is 0 Å². The summed E-state index contributed by atoms with van der Waals surface area (Å²) < 4.78 is 2.38. The second kappa shape index (κ2) is 5.54. The number of hydrogen-bond donors (Lipinski definition) is 0. The Morgan fingerprint density at radius 1 is 0.900 bits per heavy atom. The van der Waals surface area contributed by atoms with Crippen molar-refractivity contribution in [1.29, 1.82) is 0 Å². The molecule has 0 spiro atoms. The van der Waals surface area contributed by atoms with Gasteiger partial charge in [0, 0.05) is 16.5 Å². The smallest absolute Gasteiger partial charge is 0.0681 e. The fraction of sp³-hybridized carbons (Fsp3) is 0.833. The zero-order chi connectivity index (χ0) is 15.0. The third-order valence-electron chi connectivity index (χ3n) is 4.44. The van der Waals surface area contributed by atoms with Crippen LogP contribution in [0.3, 0.4) is 0 Å². The van der Waals surface area contributed by atoms with Crippen molar-refractivity contribution >= 4 is 0 Å². The molecule has 2 rings (SSSR count). The highest BCUT2D eigenvalue weighted by molar-refractivity contribution is 5.23. The molecule has 0 saturated heterocycles. The van der Waals surface area contributed by atoms with E-state index in [9.17, 15) is 0 Å². The van der Waals surface area contributed by atoms with Gasteiger partial charge in [0.05, 0.1) is 11.7 Å². The van der Waals surface area contributed by atoms with Gasteiger partial charge in [-0.3, -0.25) is 4.68 Å². The van der Waals surface area contributed by atoms with E-state index in [0.29, 0.717) is 6.04 Å². The number of hydrogen-bond acceptors (Lipinski definition) is 1. The van der Waals surface area contributed by atoms with Gasteiger partial charge in [0.15, 0.2) is 0 Å². The summed E-state index contributed by atoms with van der Waals surface area (Å²) in [4.78, 5) is 0. The number of aromatic nitrogens is 2. The zero-order valence-electron chi connectivity index (χ0n) is 14.3. The second-order valence-corrected chi connectivity index (χ2v) is 8.50. The lowest BCUT2D eigenvalue weighted by Gasteiger charge is -2.25. The zero-order valence-corrected chi connectivity index (χ0v) is 14.3. The normalized spacial score (nSPS) is 19.1. The Morgan fingerprint density at radius 2 is 1.45 bits per heavy atom. The van der Waals surface area contributed by atoms with Crippen LogP contribution in [0.4, 0.5) is 0 Å². The third kappa shape index (κ3) is 3.45. The Balaban J connectivity index is 2.41. The summed E-state index contributed by atoms with van der Waals surface area (Å²) in [6, 6.07) is 2.97. The van der Waals surface area contributed by atoms with E-state index in [4.69, 9.17) is 5.10 Å². The van der Waals surface area contributed by atoms with Crippen LogP contribution in [0.15, 0.2) is 6.07 Å². The fourth-order valence-corrected chi connectivity index (χ4v) is 3.10. The molecular formula is C18H32N2. The molecule has 114 valence electrons. The molecule has 20 heavy (non-hydrogen) atoms. The quantitative estimate of drug-likeness (QED) is 0.630. The molecule has 0 N–H and O–H groups in total. The van der Waals surface area contributed by atoms with Crippen LogP contribution in [-0.2, 0) is 10.8 Å². The molecule has 2 nitrogen and oxygen atoms in total. The maximum absolute atomic E-state index is 5.03. The van der Waals surface area contributed by atoms with E-state index in [2.05, 4.69) is 52.3 Å². The molecule has 1 fully saturated rings. The van der Waals surface area contributed by atoms with Crippen molar-refractivity contribution in [3.63, 3.8) is 0 Å². The lowest BCUT2D eigenvalue weighted by atomic mass is 9.87. The summed E-state index contributed by atoms with van der Waals surface area (Å²) >= 11 is 0. The third-order valence-corrected chi connectivity index (χ3v) is 4.44. The van der Waals surface area contributed by atoms with E-state index in [1.807, 2.05) is 0 Å². The van der Waals surface area contributed by atoms with E-state index >= 15 is 0 Å². The molecule has 0 aliphatic heterocycles. The monoisotopic (exact) mass is 276 g/mol. The van der Waals surface area contributed by atoms with E-state index in [1.165, 1.54) is 49.9 Å². The summed E-state index contributed by atoms with van der Waals surface area (Å²) in [6.07, 6.45) is 8.12. The summed E-state index contributed by atoms with van der Waals surface area (Å²) in [5.74, 6) is 0. The van der Waals surface area contributed by atoms with E-state index < -0.39 is 0 Å². The fourth-order valence-electron chi connectivity index (χ4n) is 3.10. The van der Waals surface area contributed by atoms with Crippen LogP contribution >= 0.6 is 0 Å². The minimum absolute atomic E-state index is 0.135. The first-order valence-electron chi connectivity index (χ1n) is 8.30. The number of rotatable bonds is 1. The summed E-state index contributed by atoms with van der Waals surface area (Å²) in [5.41, 5.74) is 2.96. The maximum atomic E-state index is 5.03. The second-order valence-electron chi connectivity index (χ2n) is 8.50. The Kier molecular flexibility index (Phi) is 4.32. The van der Waals surface area contributed by atoms with Crippen LogP contribution < -0.4 is 0 Å². The molecule has 1 heterocycles. The molecule has 1 aliphatic carbocycles. The molecule has 0 atom stereocenters. The molecule has 1 aliphatic rings. The van der Waals surface area contributed by atoms with Gasteiger partial charge in [-0.1, -0.05) is 67.2 Å². The largest absolute Gasteiger partial charge is 0.266 e. The highest BCUT2D eigenvalue weighted by Crippen LogP contribution is 2.34. The summed E-state index contributed by atoms with van der Waals surface area (Å²) in [5, 5.41) is 5.03. The van der Waals surface area contributed by atoms with Gasteiger partial charge >= 0.3 is 0 Å². The summed E-state index contributed by atoms with van der Waals surface area (Å²) in [6.45, 7) is 13.7. The van der Waals surface area contributed by atoms with Crippen molar-refractivity contribution < 1.29 is 0 Å². The lowest BCUT2D eigenvalue weighted by Crippen LogP contribution is -2.22. The Hall–Kier alpha value is -0.790. The minimum Gasteiger partial charge on any atom is -0.266 e. The van der Waals surface area contributed by atoms with Crippen molar-refractivity contribution in [2.45, 2.75) is 96.9 Å². The van der Waals surface area contributed by atoms with Gasteiger partial charge in [-0.15, -0.1) is 0 Å². The molecule has 0 unspecified atom stereocenters. The topological polar surface area (TPSA) is 17.8 Å². The van der Waals surface area contributed by atoms with Crippen molar-refractivity contribution in [1.82, 2.24) is 9.78 Å². The van der Waals surface area contributed by atoms with Gasteiger partial charge in [0.2, 0.25) is 0 Å². The van der Waals surface area contributed by atoms with E-state index in [1.54, 1.807) is 0 Å². The highest BCUT2D eigenvalue weighted by Gasteiger charge is 2.28. The van der Waals surface area contributed by atoms with E-state index in [0.717, 1.165) is 0 Å². The van der Waals surface area contributed by atoms with Gasteiger partial charge in [0.1, 0.15) is 0 Å². The van der Waals surface area contributed by atoms with Crippen molar-refractivity contribution in [3.05, 3.63) is 17.5 Å². The van der Waals surface area contributed by atoms with Crippen molar-refractivity contribution in [2.75, 3.05) is 0 Å². The highest BCUT2D eigenvalue weighted by atomic mass is 15.3. The Labute approximate surface area is 125 Å². The predicted octanol–water partition coefficient (Wildman–Crippen LogP) is 5.37. The average Bonchev–Trinajstić information content (AvgIpc) is 2.60. The van der Waals surface area contributed by atoms with Crippen LogP contribution in [0, 0.1) is 0 Å². The predicted molar refractivity (Wildman–Crippen MR) is 86.4 cm³/mol. The maximum Gasteiger partial charge on any atom is 0.0681 e. The molecule has 1 aromatic rings. The molecule has 0 amide bonds. The standard InChI is InChI=1S/C18H32N2/c1-17(2,3)15-13-16(18(4,5)6)20(19-15)14-11-9-7-8-10-12-14/h13-14H,7-12H2,1-6H3. The van der Waals surface area contributed by atoms with Gasteiger partial charge in [-0.05, 0) is 18.9 Å². The molecular weight excluding hydrogens is 244 g/mol. The van der Waals surface area contributed by atoms with Gasteiger partial charge in [-0.25, -0.2) is 0 Å². The average molecular weight is 276 g/mol. The molecule has 0 aromatic carbocycles. The van der Waals surface area contributed by atoms with Gasteiger partial charge < -0.3 is 0 Å². The molecule has 0 bridgehead atoms. The lowest BCUT2D eigenvalue weighted by molar-refractivity contribution is 0.363. The molecule has 0 radical (unpaired) electrons. The van der Waals surface area contributed by atoms with Crippen molar-refractivity contribution in [2.24, 2.45) is 0 Å². The van der Waals surface area contributed by atoms with Crippen molar-refractivity contribution in [3.8, 4) is 0 Å². The molecule has 1 aromatic heterocycles. The minimum atomic E-state index is 0.135. The molecule has 2 heteroatoms. The first kappa shape index (κ1) is 15.6. The SMILES string of the molecule is CC(C)(C)c1cc(C(C)(C)C)n(C2CCCCCC2)n1. The van der Waals surface area contributed by atoms with Crippen LogP contribution in [0.25, 0.3) is 0 Å². The van der Waals surface area contributed by atoms with E-state index in [-0.39, 0.29) is 10.8 Å². The van der Waals surface area contributed by atoms with Crippen LogP contribution in [-0.4, -0.2) is 9.78 Å². The van der Waals surface area contributed by atoms with Crippen LogP contribution in [0.5, 0.6) is 0 Å².